The molecule has 0 spiro atoms. The summed E-state index contributed by atoms with van der Waals surface area (Å²) in [5, 5.41) is 3.18. The van der Waals surface area contributed by atoms with Crippen molar-refractivity contribution in [3.8, 4) is 5.75 Å². The first kappa shape index (κ1) is 18.7. The first-order chi connectivity index (χ1) is 10.1. The summed E-state index contributed by atoms with van der Waals surface area (Å²) in [5.41, 5.74) is 0.690. The Bertz CT molecular complexity index is 491. The van der Waals surface area contributed by atoms with Gasteiger partial charge in [-0.1, -0.05) is 6.07 Å². The molecule has 4 nitrogen and oxygen atoms in total. The van der Waals surface area contributed by atoms with Crippen molar-refractivity contribution >= 4 is 18.3 Å². The summed E-state index contributed by atoms with van der Waals surface area (Å²) in [5.74, 6) is 0.509. The standard InChI is InChI=1S/C16H23FN2O2.ClH/c1-18-11-12-5-7-19(8-6-12)16(20)10-13-3-4-15(21-2)14(17)9-13;/h3-4,9,12,18H,5-8,10-11H2,1-2H3;1H. The van der Waals surface area contributed by atoms with Gasteiger partial charge in [0, 0.05) is 13.1 Å². The van der Waals surface area contributed by atoms with Crippen molar-refractivity contribution in [2.45, 2.75) is 19.3 Å². The molecule has 1 amide bonds. The normalized spacial score (nSPS) is 15.3. The zero-order valence-corrected chi connectivity index (χ0v) is 13.9. The van der Waals surface area contributed by atoms with Crippen molar-refractivity contribution < 1.29 is 13.9 Å². The van der Waals surface area contributed by atoms with E-state index in [9.17, 15) is 9.18 Å². The van der Waals surface area contributed by atoms with Gasteiger partial charge in [-0.05, 0) is 50.0 Å². The van der Waals surface area contributed by atoms with Gasteiger partial charge in [0.2, 0.25) is 5.91 Å². The average molecular weight is 331 g/mol. The average Bonchev–Trinajstić information content (AvgIpc) is 2.48. The summed E-state index contributed by atoms with van der Waals surface area (Å²) < 4.78 is 18.5. The third kappa shape index (κ3) is 4.85. The number of amides is 1. The smallest absolute Gasteiger partial charge is 0.226 e. The lowest BCUT2D eigenvalue weighted by Gasteiger charge is -2.32. The van der Waals surface area contributed by atoms with Crippen LogP contribution in [-0.4, -0.2) is 44.6 Å². The zero-order valence-electron chi connectivity index (χ0n) is 13.1. The molecule has 22 heavy (non-hydrogen) atoms. The van der Waals surface area contributed by atoms with E-state index in [1.54, 1.807) is 12.1 Å². The second kappa shape index (κ2) is 8.96. The van der Waals surface area contributed by atoms with Gasteiger partial charge >= 0.3 is 0 Å². The molecule has 1 aliphatic rings. The van der Waals surface area contributed by atoms with Crippen LogP contribution >= 0.6 is 12.4 Å². The van der Waals surface area contributed by atoms with Crippen LogP contribution < -0.4 is 10.1 Å². The van der Waals surface area contributed by atoms with Crippen molar-refractivity contribution in [3.05, 3.63) is 29.6 Å². The predicted molar refractivity (Wildman–Crippen MR) is 87.1 cm³/mol. The minimum atomic E-state index is -0.421. The molecule has 1 saturated heterocycles. The monoisotopic (exact) mass is 330 g/mol. The fraction of sp³-hybridized carbons (Fsp3) is 0.562. The van der Waals surface area contributed by atoms with E-state index in [2.05, 4.69) is 5.32 Å². The number of halogens is 2. The van der Waals surface area contributed by atoms with Crippen LogP contribution in [0.4, 0.5) is 4.39 Å². The molecule has 0 unspecified atom stereocenters. The van der Waals surface area contributed by atoms with Gasteiger partial charge < -0.3 is 15.0 Å². The van der Waals surface area contributed by atoms with Crippen molar-refractivity contribution in [1.82, 2.24) is 10.2 Å². The minimum absolute atomic E-state index is 0. The van der Waals surface area contributed by atoms with Gasteiger partial charge in [-0.25, -0.2) is 4.39 Å². The maximum atomic E-state index is 13.6. The number of hydrogen-bond acceptors (Lipinski definition) is 3. The first-order valence-electron chi connectivity index (χ1n) is 7.38. The van der Waals surface area contributed by atoms with E-state index in [0.717, 1.165) is 32.5 Å². The highest BCUT2D eigenvalue weighted by Crippen LogP contribution is 2.20. The topological polar surface area (TPSA) is 41.6 Å². The number of hydrogen-bond donors (Lipinski definition) is 1. The maximum absolute atomic E-state index is 13.6. The maximum Gasteiger partial charge on any atom is 0.226 e. The Labute approximate surface area is 137 Å². The summed E-state index contributed by atoms with van der Waals surface area (Å²) in [6, 6.07) is 4.69. The van der Waals surface area contributed by atoms with Gasteiger partial charge in [0.25, 0.3) is 0 Å². The zero-order chi connectivity index (χ0) is 15.2. The first-order valence-corrected chi connectivity index (χ1v) is 7.38. The fourth-order valence-electron chi connectivity index (χ4n) is 2.78. The van der Waals surface area contributed by atoms with Crippen LogP contribution in [-0.2, 0) is 11.2 Å². The largest absolute Gasteiger partial charge is 0.494 e. The molecule has 6 heteroatoms. The molecule has 1 aromatic rings. The van der Waals surface area contributed by atoms with Crippen molar-refractivity contribution in [2.75, 3.05) is 33.8 Å². The molecule has 0 atom stereocenters. The van der Waals surface area contributed by atoms with Gasteiger partial charge in [-0.3, -0.25) is 4.79 Å². The molecule has 1 fully saturated rings. The molecule has 1 heterocycles. The summed E-state index contributed by atoms with van der Waals surface area (Å²) in [7, 11) is 3.38. The number of piperidine rings is 1. The Morgan fingerprint density at radius 1 is 1.41 bits per heavy atom. The molecule has 1 aliphatic heterocycles. The lowest BCUT2D eigenvalue weighted by molar-refractivity contribution is -0.131. The predicted octanol–water partition coefficient (Wildman–Crippen LogP) is 2.26. The van der Waals surface area contributed by atoms with E-state index in [0.29, 0.717) is 11.5 Å². The molecule has 0 bridgehead atoms. The Kier molecular flexibility index (Phi) is 7.62. The van der Waals surface area contributed by atoms with Crippen LogP contribution in [0.1, 0.15) is 18.4 Å². The quantitative estimate of drug-likeness (QED) is 0.900. The highest BCUT2D eigenvalue weighted by Gasteiger charge is 2.22. The minimum Gasteiger partial charge on any atom is -0.494 e. The van der Waals surface area contributed by atoms with Crippen LogP contribution in [0, 0.1) is 11.7 Å². The van der Waals surface area contributed by atoms with E-state index in [-0.39, 0.29) is 30.5 Å². The summed E-state index contributed by atoms with van der Waals surface area (Å²) in [6.07, 6.45) is 2.31. The van der Waals surface area contributed by atoms with Crippen molar-refractivity contribution in [1.29, 1.82) is 0 Å². The van der Waals surface area contributed by atoms with Crippen LogP contribution in [0.25, 0.3) is 0 Å². The number of benzene rings is 1. The Hall–Kier alpha value is -1.33. The number of nitrogens with zero attached hydrogens (tertiary/aromatic N) is 1. The van der Waals surface area contributed by atoms with Crippen LogP contribution in [0.5, 0.6) is 5.75 Å². The Balaban J connectivity index is 0.00000242. The summed E-state index contributed by atoms with van der Waals surface area (Å²) in [4.78, 5) is 14.1. The number of likely N-dealkylation sites (tertiary alicyclic amines) is 1. The molecular weight excluding hydrogens is 307 g/mol. The Morgan fingerprint density at radius 3 is 2.64 bits per heavy atom. The number of methoxy groups -OCH3 is 1. The van der Waals surface area contributed by atoms with Gasteiger partial charge in [0.15, 0.2) is 11.6 Å². The SMILES string of the molecule is CNCC1CCN(C(=O)Cc2ccc(OC)c(F)c2)CC1.Cl. The van der Waals surface area contributed by atoms with Gasteiger partial charge in [0.05, 0.1) is 13.5 Å². The molecular formula is C16H24ClFN2O2. The van der Waals surface area contributed by atoms with E-state index >= 15 is 0 Å². The van der Waals surface area contributed by atoms with E-state index in [1.165, 1.54) is 13.2 Å². The third-order valence-corrected chi connectivity index (χ3v) is 4.03. The van der Waals surface area contributed by atoms with E-state index in [1.807, 2.05) is 11.9 Å². The number of carbonyl (C=O) groups is 1. The molecule has 0 aliphatic carbocycles. The number of ether oxygens (including phenoxy) is 1. The molecule has 1 N–H and O–H groups in total. The van der Waals surface area contributed by atoms with Crippen LogP contribution in [0.2, 0.25) is 0 Å². The molecule has 124 valence electrons. The molecule has 0 saturated carbocycles. The van der Waals surface area contributed by atoms with Gasteiger partial charge in [0.1, 0.15) is 0 Å². The second-order valence-corrected chi connectivity index (χ2v) is 5.53. The summed E-state index contributed by atoms with van der Waals surface area (Å²) >= 11 is 0. The number of carbonyl (C=O) groups excluding carboxylic acids is 1. The lowest BCUT2D eigenvalue weighted by Crippen LogP contribution is -2.41. The Morgan fingerprint density at radius 2 is 2.09 bits per heavy atom. The number of rotatable bonds is 5. The van der Waals surface area contributed by atoms with Gasteiger partial charge in [-0.15, -0.1) is 12.4 Å². The van der Waals surface area contributed by atoms with E-state index in [4.69, 9.17) is 4.74 Å². The molecule has 1 aromatic carbocycles. The lowest BCUT2D eigenvalue weighted by atomic mass is 9.96. The molecule has 0 aromatic heterocycles. The van der Waals surface area contributed by atoms with Gasteiger partial charge in [-0.2, -0.15) is 0 Å². The van der Waals surface area contributed by atoms with Crippen molar-refractivity contribution in [2.24, 2.45) is 5.92 Å². The van der Waals surface area contributed by atoms with E-state index < -0.39 is 5.82 Å². The highest BCUT2D eigenvalue weighted by molar-refractivity contribution is 5.85. The summed E-state index contributed by atoms with van der Waals surface area (Å²) in [6.45, 7) is 2.60. The van der Waals surface area contributed by atoms with Crippen molar-refractivity contribution in [3.63, 3.8) is 0 Å². The molecule has 0 radical (unpaired) electrons. The fourth-order valence-corrected chi connectivity index (χ4v) is 2.78. The van der Waals surface area contributed by atoms with Crippen LogP contribution in [0.15, 0.2) is 18.2 Å². The third-order valence-electron chi connectivity index (χ3n) is 4.03. The van der Waals surface area contributed by atoms with Crippen LogP contribution in [0.3, 0.4) is 0 Å². The highest BCUT2D eigenvalue weighted by atomic mass is 35.5. The second-order valence-electron chi connectivity index (χ2n) is 5.53. The molecule has 2 rings (SSSR count). The number of nitrogens with one attached hydrogen (secondary N) is 1.